The molecule has 0 aliphatic carbocycles. The van der Waals surface area contributed by atoms with Crippen LogP contribution in [0.15, 0.2) is 0 Å². The normalized spacial score (nSPS) is 13.6. The molecule has 0 saturated heterocycles. The highest BCUT2D eigenvalue weighted by molar-refractivity contribution is 7.71. The summed E-state index contributed by atoms with van der Waals surface area (Å²) in [6, 6.07) is 0. The predicted octanol–water partition coefficient (Wildman–Crippen LogP) is 3.80. The van der Waals surface area contributed by atoms with Gasteiger partial charge < -0.3 is 4.57 Å². The molecule has 0 fully saturated rings. The Morgan fingerprint density at radius 2 is 1.63 bits per heavy atom. The van der Waals surface area contributed by atoms with Crippen LogP contribution in [0.4, 0.5) is 26.3 Å². The first-order valence-corrected chi connectivity index (χ1v) is 5.64. The van der Waals surface area contributed by atoms with E-state index >= 15 is 0 Å². The highest BCUT2D eigenvalue weighted by atomic mass is 32.1. The van der Waals surface area contributed by atoms with Crippen LogP contribution in [-0.2, 0) is 6.54 Å². The minimum atomic E-state index is -5.48. The summed E-state index contributed by atoms with van der Waals surface area (Å²) in [7, 11) is 0. The third-order valence-electron chi connectivity index (χ3n) is 2.25. The van der Waals surface area contributed by atoms with Crippen LogP contribution in [0.5, 0.6) is 0 Å². The van der Waals surface area contributed by atoms with E-state index in [1.54, 1.807) is 13.8 Å². The number of nitrogens with one attached hydrogen (secondary N) is 1. The van der Waals surface area contributed by atoms with Crippen molar-refractivity contribution in [3.05, 3.63) is 10.6 Å². The lowest BCUT2D eigenvalue weighted by Gasteiger charge is -2.23. The van der Waals surface area contributed by atoms with Gasteiger partial charge in [0, 0.05) is 6.54 Å². The number of hydrogen-bond donors (Lipinski definition) is 1. The maximum atomic E-state index is 12.6. The van der Waals surface area contributed by atoms with Gasteiger partial charge >= 0.3 is 12.4 Å². The summed E-state index contributed by atoms with van der Waals surface area (Å²) in [5.41, 5.74) is 0. The molecule has 0 saturated carbocycles. The number of H-pyrrole nitrogens is 1. The van der Waals surface area contributed by atoms with E-state index in [4.69, 9.17) is 0 Å². The van der Waals surface area contributed by atoms with Gasteiger partial charge in [-0.15, -0.1) is 0 Å². The van der Waals surface area contributed by atoms with E-state index in [0.29, 0.717) is 0 Å². The molecule has 1 rings (SSSR count). The van der Waals surface area contributed by atoms with Crippen molar-refractivity contribution in [3.63, 3.8) is 0 Å². The Morgan fingerprint density at radius 1 is 1.16 bits per heavy atom. The first kappa shape index (κ1) is 16.0. The van der Waals surface area contributed by atoms with Gasteiger partial charge in [0.05, 0.1) is 0 Å². The molecule has 1 aromatic heterocycles. The van der Waals surface area contributed by atoms with E-state index in [9.17, 15) is 26.3 Å². The molecule has 3 nitrogen and oxygen atoms in total. The van der Waals surface area contributed by atoms with Gasteiger partial charge in [0.15, 0.2) is 10.6 Å². The summed E-state index contributed by atoms with van der Waals surface area (Å²) in [5.74, 6) is -4.98. The number of nitrogens with zero attached hydrogens (tertiary/aromatic N) is 2. The second-order valence-electron chi connectivity index (χ2n) is 4.41. The van der Waals surface area contributed by atoms with Crippen molar-refractivity contribution in [2.24, 2.45) is 5.92 Å². The molecule has 10 heteroatoms. The molecular weight excluding hydrogens is 296 g/mol. The molecule has 1 N–H and O–H groups in total. The van der Waals surface area contributed by atoms with Gasteiger partial charge in [-0.05, 0) is 18.1 Å². The van der Waals surface area contributed by atoms with E-state index < -0.39 is 24.1 Å². The lowest BCUT2D eigenvalue weighted by Crippen LogP contribution is -2.36. The molecule has 0 spiro atoms. The van der Waals surface area contributed by atoms with Gasteiger partial charge in [0.25, 0.3) is 0 Å². The highest BCUT2D eigenvalue weighted by Crippen LogP contribution is 2.45. The van der Waals surface area contributed by atoms with Crippen LogP contribution in [0, 0.1) is 10.7 Å². The fraction of sp³-hybridized carbons (Fsp3) is 0.778. The van der Waals surface area contributed by atoms with Gasteiger partial charge in [-0.25, -0.2) is 0 Å². The molecule has 0 aliphatic heterocycles. The van der Waals surface area contributed by atoms with Gasteiger partial charge in [-0.1, -0.05) is 13.8 Å². The molecule has 1 heterocycles. The molecule has 0 unspecified atom stereocenters. The summed E-state index contributed by atoms with van der Waals surface area (Å²) in [4.78, 5) is 0. The first-order chi connectivity index (χ1) is 8.44. The van der Waals surface area contributed by atoms with Crippen LogP contribution < -0.4 is 0 Å². The van der Waals surface area contributed by atoms with Crippen molar-refractivity contribution in [3.8, 4) is 0 Å². The first-order valence-electron chi connectivity index (χ1n) is 5.23. The minimum absolute atomic E-state index is 0.0761. The Bertz CT molecular complexity index is 469. The standard InChI is InChI=1S/C9H11F6N3S/c1-4(2)3-18-6(16-17-7(18)19)5(8(10,11)12)9(13,14)15/h4-5H,3H2,1-2H3,(H,17,19). The van der Waals surface area contributed by atoms with Crippen LogP contribution in [0.2, 0.25) is 0 Å². The lowest BCUT2D eigenvalue weighted by atomic mass is 10.1. The van der Waals surface area contributed by atoms with E-state index in [1.807, 2.05) is 5.10 Å². The van der Waals surface area contributed by atoms with Crippen LogP contribution in [0.1, 0.15) is 25.6 Å². The van der Waals surface area contributed by atoms with E-state index in [0.717, 1.165) is 4.57 Å². The Hall–Kier alpha value is -1.06. The second-order valence-corrected chi connectivity index (χ2v) is 4.79. The summed E-state index contributed by atoms with van der Waals surface area (Å²) < 4.78 is 76.1. The van der Waals surface area contributed by atoms with Crippen molar-refractivity contribution in [1.82, 2.24) is 14.8 Å². The fourth-order valence-electron chi connectivity index (χ4n) is 1.57. The van der Waals surface area contributed by atoms with Crippen molar-refractivity contribution >= 4 is 12.2 Å². The van der Waals surface area contributed by atoms with Crippen molar-refractivity contribution in [2.45, 2.75) is 38.7 Å². The topological polar surface area (TPSA) is 33.6 Å². The van der Waals surface area contributed by atoms with Crippen molar-refractivity contribution in [2.75, 3.05) is 0 Å². The van der Waals surface area contributed by atoms with Crippen LogP contribution in [-0.4, -0.2) is 27.1 Å². The third-order valence-corrected chi connectivity index (χ3v) is 2.56. The fourth-order valence-corrected chi connectivity index (χ4v) is 1.78. The maximum absolute atomic E-state index is 12.6. The van der Waals surface area contributed by atoms with Crippen LogP contribution >= 0.6 is 12.2 Å². The molecule has 110 valence electrons. The lowest BCUT2D eigenvalue weighted by molar-refractivity contribution is -0.256. The summed E-state index contributed by atoms with van der Waals surface area (Å²) in [6.45, 7) is 3.22. The van der Waals surface area contributed by atoms with Gasteiger partial charge in [-0.2, -0.15) is 31.4 Å². The SMILES string of the molecule is CC(C)Cn1c(C(C(F)(F)F)C(F)(F)F)n[nH]c1=S. The number of halogens is 6. The molecule has 0 aromatic carbocycles. The summed E-state index contributed by atoms with van der Waals surface area (Å²) in [5, 5.41) is 5.09. The Morgan fingerprint density at radius 3 is 2.00 bits per heavy atom. The van der Waals surface area contributed by atoms with Crippen molar-refractivity contribution < 1.29 is 26.3 Å². The zero-order chi connectivity index (χ0) is 15.0. The minimum Gasteiger partial charge on any atom is -0.303 e. The Labute approximate surface area is 109 Å². The van der Waals surface area contributed by atoms with E-state index in [2.05, 4.69) is 17.3 Å². The molecule has 0 aliphatic rings. The highest BCUT2D eigenvalue weighted by Gasteiger charge is 2.60. The van der Waals surface area contributed by atoms with Gasteiger partial charge in [0.2, 0.25) is 5.92 Å². The molecular formula is C9H11F6N3S. The zero-order valence-corrected chi connectivity index (χ0v) is 10.7. The number of hydrogen-bond acceptors (Lipinski definition) is 2. The van der Waals surface area contributed by atoms with E-state index in [-0.39, 0.29) is 17.2 Å². The predicted molar refractivity (Wildman–Crippen MR) is 57.1 cm³/mol. The van der Waals surface area contributed by atoms with Gasteiger partial charge in [0.1, 0.15) is 0 Å². The van der Waals surface area contributed by atoms with E-state index in [1.165, 1.54) is 0 Å². The Balaban J connectivity index is 3.37. The zero-order valence-electron chi connectivity index (χ0n) is 9.93. The third kappa shape index (κ3) is 3.71. The smallest absolute Gasteiger partial charge is 0.303 e. The maximum Gasteiger partial charge on any atom is 0.407 e. The molecule has 0 atom stereocenters. The van der Waals surface area contributed by atoms with Crippen LogP contribution in [0.25, 0.3) is 0 Å². The van der Waals surface area contributed by atoms with Gasteiger partial charge in [-0.3, -0.25) is 5.10 Å². The number of aromatic amines is 1. The Kier molecular flexibility index (Phi) is 4.33. The average molecular weight is 307 g/mol. The molecule has 0 radical (unpaired) electrons. The molecule has 0 bridgehead atoms. The molecule has 19 heavy (non-hydrogen) atoms. The summed E-state index contributed by atoms with van der Waals surface area (Å²) >= 11 is 4.67. The average Bonchev–Trinajstić information content (AvgIpc) is 2.44. The summed E-state index contributed by atoms with van der Waals surface area (Å²) in [6.07, 6.45) is -11.0. The van der Waals surface area contributed by atoms with Crippen molar-refractivity contribution in [1.29, 1.82) is 0 Å². The number of aromatic nitrogens is 3. The number of rotatable bonds is 3. The number of alkyl halides is 6. The second kappa shape index (κ2) is 5.14. The van der Waals surface area contributed by atoms with Crippen LogP contribution in [0.3, 0.4) is 0 Å². The molecule has 0 amide bonds. The quantitative estimate of drug-likeness (QED) is 0.680. The monoisotopic (exact) mass is 307 g/mol. The molecule has 1 aromatic rings. The largest absolute Gasteiger partial charge is 0.407 e.